The highest BCUT2D eigenvalue weighted by atomic mass is 32.2. The second-order valence-electron chi connectivity index (χ2n) is 14.5. The van der Waals surface area contributed by atoms with Crippen molar-refractivity contribution < 1.29 is 50.6 Å². The van der Waals surface area contributed by atoms with E-state index in [4.69, 9.17) is 18.9 Å². The molecule has 0 spiro atoms. The monoisotopic (exact) mass is 876 g/mol. The Morgan fingerprint density at radius 3 is 1.69 bits per heavy atom. The van der Waals surface area contributed by atoms with Crippen LogP contribution in [0.25, 0.3) is 22.3 Å². The molecule has 7 rings (SSSR count). The number of aliphatic hydroxyl groups excluding tert-OH is 4. The van der Waals surface area contributed by atoms with Crippen LogP contribution >= 0.6 is 0 Å². The Morgan fingerprint density at radius 1 is 0.754 bits per heavy atom. The number of ether oxygens (including phenoxy) is 4. The van der Waals surface area contributed by atoms with Gasteiger partial charge in [0.2, 0.25) is 10.0 Å². The lowest BCUT2D eigenvalue weighted by Gasteiger charge is -2.18. The minimum absolute atomic E-state index is 0. The van der Waals surface area contributed by atoms with Gasteiger partial charge < -0.3 is 55.3 Å². The first kappa shape index (κ1) is 46.0. The summed E-state index contributed by atoms with van der Waals surface area (Å²) in [6, 6.07) is 8.37. The van der Waals surface area contributed by atoms with Crippen molar-refractivity contribution in [1.82, 2.24) is 49.1 Å². The Morgan fingerprint density at radius 2 is 1.25 bits per heavy atom. The minimum Gasteiger partial charge on any atom is -0.387 e. The van der Waals surface area contributed by atoms with Gasteiger partial charge in [-0.2, -0.15) is 0 Å². The fourth-order valence-corrected chi connectivity index (χ4v) is 8.20. The van der Waals surface area contributed by atoms with Crippen LogP contribution in [0.3, 0.4) is 0 Å². The van der Waals surface area contributed by atoms with Crippen LogP contribution in [-0.4, -0.2) is 152 Å². The molecule has 0 radical (unpaired) electrons. The van der Waals surface area contributed by atoms with Crippen LogP contribution in [0.15, 0.2) is 47.9 Å². The SMILES string of the molecule is CCCC(CC)NCc1nc(NC)c2ncn([C@@H]3O[C@H](COC)[C@@H](O)[C@H]3O)c2n1.CNc1nc(CNS(=O)(=O)c2ccccc2)nc2c1ncn2[C@@H]1O[C@H](COC)[C@@H](O)[C@H]1O.[HH].[HH]. The second kappa shape index (κ2) is 20.6. The molecule has 4 aromatic heterocycles. The van der Waals surface area contributed by atoms with E-state index in [1.54, 1.807) is 43.2 Å². The summed E-state index contributed by atoms with van der Waals surface area (Å²) in [5, 5.41) is 51.0. The number of anilines is 2. The molecule has 61 heavy (non-hydrogen) atoms. The van der Waals surface area contributed by atoms with Gasteiger partial charge >= 0.3 is 0 Å². The minimum atomic E-state index is -3.76. The van der Waals surface area contributed by atoms with Crippen molar-refractivity contribution in [3.05, 3.63) is 54.6 Å². The Labute approximate surface area is 356 Å². The summed E-state index contributed by atoms with van der Waals surface area (Å²) < 4.78 is 52.4. The lowest BCUT2D eigenvalue weighted by atomic mass is 10.1. The van der Waals surface area contributed by atoms with E-state index in [1.165, 1.54) is 37.2 Å². The molecule has 5 aromatic rings. The molecule has 0 bridgehead atoms. The van der Waals surface area contributed by atoms with Crippen LogP contribution in [0.1, 0.15) is 60.1 Å². The van der Waals surface area contributed by atoms with Crippen molar-refractivity contribution in [2.24, 2.45) is 0 Å². The Kier molecular flexibility index (Phi) is 15.5. The number of hydrogen-bond donors (Lipinski definition) is 8. The third-order valence-electron chi connectivity index (χ3n) is 10.4. The maximum atomic E-state index is 12.5. The lowest BCUT2D eigenvalue weighted by Crippen LogP contribution is -2.33. The number of nitrogens with zero attached hydrogens (tertiary/aromatic N) is 8. The number of hydrogen-bond acceptors (Lipinski definition) is 19. The van der Waals surface area contributed by atoms with Gasteiger partial charge in [0, 0.05) is 37.2 Å². The summed E-state index contributed by atoms with van der Waals surface area (Å²) in [6.07, 6.45) is -1.44. The summed E-state index contributed by atoms with van der Waals surface area (Å²) in [7, 11) is 2.67. The van der Waals surface area contributed by atoms with E-state index in [0.29, 0.717) is 52.4 Å². The fourth-order valence-electron chi connectivity index (χ4n) is 7.20. The lowest BCUT2D eigenvalue weighted by molar-refractivity contribution is -0.0580. The Bertz CT molecular complexity index is 2310. The molecule has 2 fully saturated rings. The quantitative estimate of drug-likeness (QED) is 0.0607. The highest BCUT2D eigenvalue weighted by molar-refractivity contribution is 7.89. The van der Waals surface area contributed by atoms with Gasteiger partial charge in [0.05, 0.1) is 43.9 Å². The van der Waals surface area contributed by atoms with E-state index < -0.39 is 59.1 Å². The van der Waals surface area contributed by atoms with Gasteiger partial charge in [-0.3, -0.25) is 9.13 Å². The predicted octanol–water partition coefficient (Wildman–Crippen LogP) is 0.906. The number of rotatable bonds is 18. The maximum absolute atomic E-state index is 12.5. The largest absolute Gasteiger partial charge is 0.387 e. The predicted molar refractivity (Wildman–Crippen MR) is 226 cm³/mol. The van der Waals surface area contributed by atoms with Crippen LogP contribution in [0.5, 0.6) is 0 Å². The van der Waals surface area contributed by atoms with Crippen LogP contribution in [0.2, 0.25) is 0 Å². The molecule has 8 N–H and O–H groups in total. The molecule has 0 amide bonds. The van der Waals surface area contributed by atoms with Crippen LogP contribution in [0.4, 0.5) is 11.6 Å². The zero-order valence-corrected chi connectivity index (χ0v) is 35.7. The molecule has 0 aliphatic carbocycles. The third kappa shape index (κ3) is 10.1. The Balaban J connectivity index is 0.000000269. The summed E-state index contributed by atoms with van der Waals surface area (Å²) >= 11 is 0. The van der Waals surface area contributed by atoms with E-state index >= 15 is 0 Å². The molecule has 2 aliphatic rings. The topological polar surface area (TPSA) is 287 Å². The van der Waals surface area contributed by atoms with Crippen molar-refractivity contribution in [1.29, 1.82) is 0 Å². The maximum Gasteiger partial charge on any atom is 0.240 e. The van der Waals surface area contributed by atoms with Gasteiger partial charge in [0.15, 0.2) is 46.4 Å². The van der Waals surface area contributed by atoms with Gasteiger partial charge in [-0.15, -0.1) is 0 Å². The first-order valence-corrected chi connectivity index (χ1v) is 21.5. The number of aromatic nitrogens is 8. The number of benzene rings is 1. The zero-order valence-electron chi connectivity index (χ0n) is 34.9. The van der Waals surface area contributed by atoms with Gasteiger partial charge in [-0.25, -0.2) is 43.0 Å². The average molecular weight is 877 g/mol. The highest BCUT2D eigenvalue weighted by Crippen LogP contribution is 2.34. The number of aliphatic hydroxyl groups is 4. The average Bonchev–Trinajstić information content (AvgIpc) is 4.03. The van der Waals surface area contributed by atoms with Gasteiger partial charge in [0.25, 0.3) is 0 Å². The standard InChI is InChI=1S/C19H24N6O6S.C19H32N6O4.2H2/c1-20-17-14-18(25(10-21-14)19-16(27)15(26)12(31-19)9-30-2)24-13(23-17)8-22-32(28,29)11-6-4-3-5-7-11;1-5-7-11(6-2)21-8-13-23-17(20-3)14-18(24-13)25(10-22-14)19-16(27)15(26)12(29-19)9-28-4;;/h3-7,10,12,15-16,19,22,26-27H,8-9H2,1-2H3,(H,20,23,24);10-12,15-16,19,21,26-27H,5-9H2,1-4H3,(H,20,23,24);2*1H/t12-,15-,16-,19-;11?,12-,15-,16-,19-;;/m11../s1. The molecule has 2 aliphatic heterocycles. The van der Waals surface area contributed by atoms with E-state index in [2.05, 4.69) is 64.4 Å². The number of fused-ring (bicyclic) bond motifs is 2. The van der Waals surface area contributed by atoms with Crippen molar-refractivity contribution in [2.45, 2.75) is 106 Å². The molecule has 9 atom stereocenters. The molecule has 338 valence electrons. The smallest absolute Gasteiger partial charge is 0.240 e. The van der Waals surface area contributed by atoms with Crippen LogP contribution < -0.4 is 20.7 Å². The first-order chi connectivity index (χ1) is 29.4. The number of nitrogens with one attached hydrogen (secondary N) is 4. The van der Waals surface area contributed by atoms with Crippen molar-refractivity contribution in [3.63, 3.8) is 0 Å². The second-order valence-corrected chi connectivity index (χ2v) is 16.3. The fraction of sp³-hybridized carbons (Fsp3) is 0.579. The zero-order chi connectivity index (χ0) is 43.8. The van der Waals surface area contributed by atoms with E-state index in [-0.39, 0.29) is 33.3 Å². The molecule has 2 saturated heterocycles. The van der Waals surface area contributed by atoms with Crippen LogP contribution in [0, 0.1) is 0 Å². The number of imidazole rings is 2. The number of methoxy groups -OCH3 is 2. The summed E-state index contributed by atoms with van der Waals surface area (Å²) in [4.78, 5) is 26.8. The van der Waals surface area contributed by atoms with Gasteiger partial charge in [0.1, 0.15) is 48.3 Å². The molecular formula is C38H60N12O10S. The molecule has 1 unspecified atom stereocenters. The van der Waals surface area contributed by atoms with Gasteiger partial charge in [-0.1, -0.05) is 38.5 Å². The first-order valence-electron chi connectivity index (χ1n) is 20.0. The van der Waals surface area contributed by atoms with Crippen molar-refractivity contribution in [3.8, 4) is 0 Å². The summed E-state index contributed by atoms with van der Waals surface area (Å²) in [5.41, 5.74) is 1.84. The van der Waals surface area contributed by atoms with Crippen molar-refractivity contribution >= 4 is 44.0 Å². The Hall–Kier alpha value is -4.53. The third-order valence-corrected chi connectivity index (χ3v) is 11.9. The molecule has 23 heteroatoms. The summed E-state index contributed by atoms with van der Waals surface area (Å²) in [6.45, 7) is 4.97. The molecular weight excluding hydrogens is 817 g/mol. The molecule has 6 heterocycles. The van der Waals surface area contributed by atoms with Crippen molar-refractivity contribution in [2.75, 3.05) is 52.2 Å². The van der Waals surface area contributed by atoms with E-state index in [1.807, 2.05) is 0 Å². The molecule has 22 nitrogen and oxygen atoms in total. The van der Waals surface area contributed by atoms with Gasteiger partial charge in [-0.05, 0) is 25.0 Å². The molecule has 0 saturated carbocycles. The molecule has 1 aromatic carbocycles. The van der Waals surface area contributed by atoms with E-state index in [9.17, 15) is 28.8 Å². The van der Waals surface area contributed by atoms with E-state index in [0.717, 1.165) is 19.3 Å². The highest BCUT2D eigenvalue weighted by Gasteiger charge is 2.45. The van der Waals surface area contributed by atoms with Crippen LogP contribution in [-0.2, 0) is 42.1 Å². The normalized spacial score (nSPS) is 24.6. The number of sulfonamides is 1. The summed E-state index contributed by atoms with van der Waals surface area (Å²) in [5.74, 6) is 1.80.